The van der Waals surface area contributed by atoms with E-state index < -0.39 is 0 Å². The van der Waals surface area contributed by atoms with Crippen LogP contribution in [-0.2, 0) is 13.0 Å². The van der Waals surface area contributed by atoms with Gasteiger partial charge in [0.05, 0.1) is 6.20 Å². The van der Waals surface area contributed by atoms with Crippen molar-refractivity contribution in [1.82, 2.24) is 19.7 Å². The lowest BCUT2D eigenvalue weighted by molar-refractivity contribution is 0.492. The molecule has 0 atom stereocenters. The standard InChI is InChI=1S/C12H20N4/c1-8(2)5-11-14-10-6-13-16(7-9(3)4)12(10)15-11/h6,8-9H,5,7H2,1-4H3,(H,14,15). The number of aromatic nitrogens is 4. The number of nitrogens with zero attached hydrogens (tertiary/aromatic N) is 3. The smallest absolute Gasteiger partial charge is 0.176 e. The van der Waals surface area contributed by atoms with Crippen molar-refractivity contribution in [2.45, 2.75) is 40.7 Å². The molecule has 0 amide bonds. The highest BCUT2D eigenvalue weighted by atomic mass is 15.3. The molecule has 0 aliphatic carbocycles. The van der Waals surface area contributed by atoms with Gasteiger partial charge in [0.15, 0.2) is 5.65 Å². The van der Waals surface area contributed by atoms with Crippen LogP contribution in [0.25, 0.3) is 11.2 Å². The van der Waals surface area contributed by atoms with Gasteiger partial charge in [0.2, 0.25) is 0 Å². The molecule has 16 heavy (non-hydrogen) atoms. The quantitative estimate of drug-likeness (QED) is 0.861. The van der Waals surface area contributed by atoms with Crippen LogP contribution < -0.4 is 0 Å². The molecule has 0 aromatic carbocycles. The van der Waals surface area contributed by atoms with Gasteiger partial charge in [-0.1, -0.05) is 27.7 Å². The Morgan fingerprint density at radius 2 is 2.00 bits per heavy atom. The molecule has 2 aromatic rings. The van der Waals surface area contributed by atoms with Crippen LogP contribution in [0.1, 0.15) is 33.5 Å². The number of nitrogens with one attached hydrogen (secondary N) is 1. The summed E-state index contributed by atoms with van der Waals surface area (Å²) >= 11 is 0. The summed E-state index contributed by atoms with van der Waals surface area (Å²) in [5, 5.41) is 4.34. The van der Waals surface area contributed by atoms with Crippen molar-refractivity contribution in [2.75, 3.05) is 0 Å². The highest BCUT2D eigenvalue weighted by Gasteiger charge is 2.10. The van der Waals surface area contributed by atoms with Crippen molar-refractivity contribution in [2.24, 2.45) is 11.8 Å². The Hall–Kier alpha value is -1.32. The van der Waals surface area contributed by atoms with Gasteiger partial charge in [0.25, 0.3) is 0 Å². The third-order valence-corrected chi connectivity index (χ3v) is 2.47. The molecule has 0 aliphatic rings. The first-order chi connectivity index (χ1) is 7.56. The largest absolute Gasteiger partial charge is 0.339 e. The van der Waals surface area contributed by atoms with Gasteiger partial charge in [-0.2, -0.15) is 5.10 Å². The summed E-state index contributed by atoms with van der Waals surface area (Å²) in [7, 11) is 0. The predicted molar refractivity (Wildman–Crippen MR) is 65.3 cm³/mol. The Morgan fingerprint density at radius 3 is 2.62 bits per heavy atom. The average Bonchev–Trinajstić information content (AvgIpc) is 2.66. The molecule has 0 aliphatic heterocycles. The Bertz CT molecular complexity index is 464. The van der Waals surface area contributed by atoms with Gasteiger partial charge in [-0.25, -0.2) is 9.67 Å². The SMILES string of the molecule is CC(C)Cc1nc2c(cnn2CC(C)C)[nH]1. The molecule has 4 heteroatoms. The Balaban J connectivity index is 2.28. The van der Waals surface area contributed by atoms with E-state index in [9.17, 15) is 0 Å². The predicted octanol–water partition coefficient (Wildman–Crippen LogP) is 2.61. The van der Waals surface area contributed by atoms with Gasteiger partial charge in [-0.05, 0) is 11.8 Å². The van der Waals surface area contributed by atoms with Gasteiger partial charge in [-0.3, -0.25) is 0 Å². The van der Waals surface area contributed by atoms with E-state index in [4.69, 9.17) is 0 Å². The summed E-state index contributed by atoms with van der Waals surface area (Å²) in [6, 6.07) is 0. The van der Waals surface area contributed by atoms with Crippen LogP contribution in [0.15, 0.2) is 6.20 Å². The molecule has 0 bridgehead atoms. The topological polar surface area (TPSA) is 46.5 Å². The molecule has 0 fully saturated rings. The maximum absolute atomic E-state index is 4.61. The molecule has 0 spiro atoms. The van der Waals surface area contributed by atoms with Gasteiger partial charge in [0, 0.05) is 13.0 Å². The minimum Gasteiger partial charge on any atom is -0.339 e. The van der Waals surface area contributed by atoms with Crippen LogP contribution in [0.3, 0.4) is 0 Å². The lowest BCUT2D eigenvalue weighted by Crippen LogP contribution is -2.06. The number of aromatic amines is 1. The van der Waals surface area contributed by atoms with Gasteiger partial charge < -0.3 is 4.98 Å². The van der Waals surface area contributed by atoms with Gasteiger partial charge >= 0.3 is 0 Å². The number of rotatable bonds is 4. The number of hydrogen-bond donors (Lipinski definition) is 1. The zero-order chi connectivity index (χ0) is 11.7. The van der Waals surface area contributed by atoms with Gasteiger partial charge in [0.1, 0.15) is 11.3 Å². The first kappa shape index (κ1) is 11.2. The molecule has 2 heterocycles. The minimum absolute atomic E-state index is 0.591. The minimum atomic E-state index is 0.591. The molecule has 0 saturated heterocycles. The fourth-order valence-electron chi connectivity index (χ4n) is 1.86. The highest BCUT2D eigenvalue weighted by Crippen LogP contribution is 2.14. The Kier molecular flexibility index (Phi) is 2.99. The second-order valence-corrected chi connectivity index (χ2v) is 5.24. The molecule has 2 aromatic heterocycles. The van der Waals surface area contributed by atoms with E-state index in [1.807, 2.05) is 10.9 Å². The number of hydrogen-bond acceptors (Lipinski definition) is 2. The Labute approximate surface area is 96.1 Å². The Morgan fingerprint density at radius 1 is 1.25 bits per heavy atom. The van der Waals surface area contributed by atoms with Crippen molar-refractivity contribution >= 4 is 11.2 Å². The second-order valence-electron chi connectivity index (χ2n) is 5.24. The lowest BCUT2D eigenvalue weighted by Gasteiger charge is -2.04. The zero-order valence-electron chi connectivity index (χ0n) is 10.5. The summed E-state index contributed by atoms with van der Waals surface area (Å²) < 4.78 is 1.99. The summed E-state index contributed by atoms with van der Waals surface area (Å²) in [5.74, 6) is 2.29. The van der Waals surface area contributed by atoms with E-state index in [2.05, 4.69) is 42.8 Å². The number of H-pyrrole nitrogens is 1. The van der Waals surface area contributed by atoms with E-state index in [0.29, 0.717) is 11.8 Å². The summed E-state index contributed by atoms with van der Waals surface area (Å²) in [6.45, 7) is 9.71. The number of imidazole rings is 1. The van der Waals surface area contributed by atoms with Crippen LogP contribution in [-0.4, -0.2) is 19.7 Å². The molecule has 88 valence electrons. The molecule has 1 N–H and O–H groups in total. The summed E-state index contributed by atoms with van der Waals surface area (Å²) in [6.07, 6.45) is 2.87. The van der Waals surface area contributed by atoms with Crippen LogP contribution in [0.2, 0.25) is 0 Å². The van der Waals surface area contributed by atoms with E-state index in [-0.39, 0.29) is 0 Å². The van der Waals surface area contributed by atoms with Crippen LogP contribution >= 0.6 is 0 Å². The van der Waals surface area contributed by atoms with E-state index in [1.165, 1.54) is 0 Å². The van der Waals surface area contributed by atoms with Crippen LogP contribution in [0.5, 0.6) is 0 Å². The summed E-state index contributed by atoms with van der Waals surface area (Å²) in [4.78, 5) is 7.94. The molecular formula is C12H20N4. The molecule has 0 saturated carbocycles. The molecule has 4 nitrogen and oxygen atoms in total. The second kappa shape index (κ2) is 4.28. The lowest BCUT2D eigenvalue weighted by atomic mass is 10.1. The van der Waals surface area contributed by atoms with Gasteiger partial charge in [-0.15, -0.1) is 0 Å². The highest BCUT2D eigenvalue weighted by molar-refractivity contribution is 5.70. The third-order valence-electron chi connectivity index (χ3n) is 2.47. The fraction of sp³-hybridized carbons (Fsp3) is 0.667. The van der Waals surface area contributed by atoms with E-state index >= 15 is 0 Å². The molecular weight excluding hydrogens is 200 g/mol. The van der Waals surface area contributed by atoms with Crippen LogP contribution in [0.4, 0.5) is 0 Å². The van der Waals surface area contributed by atoms with Crippen molar-refractivity contribution in [3.8, 4) is 0 Å². The molecule has 0 radical (unpaired) electrons. The normalized spacial score (nSPS) is 12.1. The first-order valence-electron chi connectivity index (χ1n) is 5.96. The first-order valence-corrected chi connectivity index (χ1v) is 5.96. The fourth-order valence-corrected chi connectivity index (χ4v) is 1.86. The van der Waals surface area contributed by atoms with Crippen molar-refractivity contribution in [3.05, 3.63) is 12.0 Å². The summed E-state index contributed by atoms with van der Waals surface area (Å²) in [5.41, 5.74) is 2.04. The average molecular weight is 220 g/mol. The molecule has 2 rings (SSSR count). The number of fused-ring (bicyclic) bond motifs is 1. The van der Waals surface area contributed by atoms with E-state index in [1.54, 1.807) is 0 Å². The van der Waals surface area contributed by atoms with Crippen molar-refractivity contribution in [1.29, 1.82) is 0 Å². The monoisotopic (exact) mass is 220 g/mol. The van der Waals surface area contributed by atoms with E-state index in [0.717, 1.165) is 30.0 Å². The zero-order valence-corrected chi connectivity index (χ0v) is 10.5. The van der Waals surface area contributed by atoms with Crippen LogP contribution in [0, 0.1) is 11.8 Å². The maximum atomic E-state index is 4.61. The van der Waals surface area contributed by atoms with Crippen molar-refractivity contribution in [3.63, 3.8) is 0 Å². The third kappa shape index (κ3) is 2.26. The van der Waals surface area contributed by atoms with Crippen molar-refractivity contribution < 1.29 is 0 Å². The maximum Gasteiger partial charge on any atom is 0.176 e. The molecule has 0 unspecified atom stereocenters.